The van der Waals surface area contributed by atoms with Crippen molar-refractivity contribution in [3.63, 3.8) is 0 Å². The molecule has 0 saturated carbocycles. The minimum Gasteiger partial charge on any atom is -0.249 e. The van der Waals surface area contributed by atoms with Crippen molar-refractivity contribution in [3.8, 4) is 0 Å². The predicted octanol–water partition coefficient (Wildman–Crippen LogP) is 2.11. The minimum atomic E-state index is 0.321. The van der Waals surface area contributed by atoms with Gasteiger partial charge in [0.05, 0.1) is 5.69 Å². The summed E-state index contributed by atoms with van der Waals surface area (Å²) in [4.78, 5) is 17.4. The van der Waals surface area contributed by atoms with Gasteiger partial charge < -0.3 is 0 Å². The quantitative estimate of drug-likeness (QED) is 0.748. The Bertz CT molecular complexity index is 479. The molecule has 4 heteroatoms. The summed E-state index contributed by atoms with van der Waals surface area (Å²) < 4.78 is 0. The molecule has 2 aromatic heterocycles. The maximum Gasteiger partial charge on any atom is 0.181 e. The summed E-state index contributed by atoms with van der Waals surface area (Å²) in [6, 6.07) is 0. The lowest BCUT2D eigenvalue weighted by Gasteiger charge is -2.07. The Morgan fingerprint density at radius 1 is 1.13 bits per heavy atom. The summed E-state index contributed by atoms with van der Waals surface area (Å²) in [6.07, 6.45) is 4.20. The first-order valence-corrected chi connectivity index (χ1v) is 5.20. The van der Waals surface area contributed by atoms with Crippen molar-refractivity contribution >= 4 is 11.2 Å². The normalized spacial score (nSPS) is 11.2. The molecule has 2 aromatic rings. The van der Waals surface area contributed by atoms with E-state index in [0.29, 0.717) is 11.6 Å². The lowest BCUT2D eigenvalue weighted by Crippen LogP contribution is -2.04. The third-order valence-corrected chi connectivity index (χ3v) is 2.27. The second-order valence-electron chi connectivity index (χ2n) is 3.77. The number of aryl methyl sites for hydroxylation is 1. The summed E-state index contributed by atoms with van der Waals surface area (Å²) in [5, 5.41) is 0. The van der Waals surface area contributed by atoms with E-state index < -0.39 is 0 Å². The molecule has 0 bridgehead atoms. The highest BCUT2D eigenvalue weighted by Crippen LogP contribution is 2.15. The fourth-order valence-corrected chi connectivity index (χ4v) is 1.45. The van der Waals surface area contributed by atoms with Gasteiger partial charge in [0.1, 0.15) is 11.3 Å². The zero-order valence-electron chi connectivity index (χ0n) is 9.23. The minimum absolute atomic E-state index is 0.321. The summed E-state index contributed by atoms with van der Waals surface area (Å²) in [5.74, 6) is 1.17. The first-order chi connectivity index (χ1) is 7.22. The molecule has 0 fully saturated rings. The van der Waals surface area contributed by atoms with Crippen LogP contribution in [0.5, 0.6) is 0 Å². The van der Waals surface area contributed by atoms with Crippen LogP contribution in [-0.2, 0) is 6.42 Å². The van der Waals surface area contributed by atoms with Gasteiger partial charge in [0.2, 0.25) is 0 Å². The van der Waals surface area contributed by atoms with Crippen LogP contribution in [0, 0.1) is 0 Å². The SMILES string of the molecule is CCc1nc(C(C)C)nc2nccnc12. The van der Waals surface area contributed by atoms with Gasteiger partial charge >= 0.3 is 0 Å². The molecule has 0 aromatic carbocycles. The van der Waals surface area contributed by atoms with E-state index in [1.54, 1.807) is 12.4 Å². The molecule has 0 amide bonds. The highest BCUT2D eigenvalue weighted by Gasteiger charge is 2.10. The number of aromatic nitrogens is 4. The van der Waals surface area contributed by atoms with Crippen LogP contribution < -0.4 is 0 Å². The van der Waals surface area contributed by atoms with Gasteiger partial charge in [-0.2, -0.15) is 0 Å². The third-order valence-electron chi connectivity index (χ3n) is 2.27. The number of nitrogens with zero attached hydrogens (tertiary/aromatic N) is 4. The van der Waals surface area contributed by atoms with E-state index >= 15 is 0 Å². The maximum atomic E-state index is 4.51. The maximum absolute atomic E-state index is 4.51. The molecular weight excluding hydrogens is 188 g/mol. The van der Waals surface area contributed by atoms with Crippen LogP contribution >= 0.6 is 0 Å². The topological polar surface area (TPSA) is 51.6 Å². The molecule has 78 valence electrons. The number of fused-ring (bicyclic) bond motifs is 1. The van der Waals surface area contributed by atoms with Crippen molar-refractivity contribution in [2.75, 3.05) is 0 Å². The molecule has 4 nitrogen and oxygen atoms in total. The van der Waals surface area contributed by atoms with Gasteiger partial charge in [-0.25, -0.2) is 19.9 Å². The molecule has 2 rings (SSSR count). The largest absolute Gasteiger partial charge is 0.249 e. The van der Waals surface area contributed by atoms with Crippen molar-refractivity contribution in [1.29, 1.82) is 0 Å². The Morgan fingerprint density at radius 3 is 2.53 bits per heavy atom. The van der Waals surface area contributed by atoms with Gasteiger partial charge in [-0.15, -0.1) is 0 Å². The molecule has 0 aliphatic carbocycles. The van der Waals surface area contributed by atoms with Gasteiger partial charge in [0.15, 0.2) is 5.65 Å². The molecule has 2 heterocycles. The van der Waals surface area contributed by atoms with E-state index in [0.717, 1.165) is 23.5 Å². The van der Waals surface area contributed by atoms with Crippen LogP contribution in [0.3, 0.4) is 0 Å². The Morgan fingerprint density at radius 2 is 1.87 bits per heavy atom. The Labute approximate surface area is 88.8 Å². The molecular formula is C11H14N4. The first kappa shape index (κ1) is 9.96. The van der Waals surface area contributed by atoms with Crippen LogP contribution in [0.4, 0.5) is 0 Å². The zero-order chi connectivity index (χ0) is 10.8. The predicted molar refractivity (Wildman–Crippen MR) is 58.6 cm³/mol. The van der Waals surface area contributed by atoms with Crippen LogP contribution in [0.25, 0.3) is 11.2 Å². The van der Waals surface area contributed by atoms with Crippen molar-refractivity contribution in [1.82, 2.24) is 19.9 Å². The second kappa shape index (κ2) is 3.88. The Hall–Kier alpha value is -1.58. The van der Waals surface area contributed by atoms with E-state index in [-0.39, 0.29) is 0 Å². The lowest BCUT2D eigenvalue weighted by molar-refractivity contribution is 0.765. The number of hydrogen-bond acceptors (Lipinski definition) is 4. The van der Waals surface area contributed by atoms with Gasteiger partial charge in [-0.3, -0.25) is 0 Å². The molecule has 0 aliphatic heterocycles. The smallest absolute Gasteiger partial charge is 0.181 e. The highest BCUT2D eigenvalue weighted by atomic mass is 15.0. The molecule has 0 atom stereocenters. The second-order valence-corrected chi connectivity index (χ2v) is 3.77. The Balaban J connectivity index is 2.71. The van der Waals surface area contributed by atoms with Gasteiger partial charge in [-0.1, -0.05) is 20.8 Å². The van der Waals surface area contributed by atoms with E-state index in [1.165, 1.54) is 0 Å². The van der Waals surface area contributed by atoms with Gasteiger partial charge in [-0.05, 0) is 6.42 Å². The monoisotopic (exact) mass is 202 g/mol. The van der Waals surface area contributed by atoms with Crippen LogP contribution in [0.1, 0.15) is 38.2 Å². The summed E-state index contributed by atoms with van der Waals surface area (Å²) in [6.45, 7) is 6.23. The standard InChI is InChI=1S/C11H14N4/c1-4-8-9-11(13-6-5-12-9)15-10(14-8)7(2)3/h5-7H,4H2,1-3H3. The van der Waals surface area contributed by atoms with E-state index in [4.69, 9.17) is 0 Å². The van der Waals surface area contributed by atoms with Gasteiger partial charge in [0, 0.05) is 18.3 Å². The van der Waals surface area contributed by atoms with Crippen molar-refractivity contribution in [2.45, 2.75) is 33.1 Å². The number of hydrogen-bond donors (Lipinski definition) is 0. The van der Waals surface area contributed by atoms with Crippen molar-refractivity contribution in [2.24, 2.45) is 0 Å². The first-order valence-electron chi connectivity index (χ1n) is 5.20. The van der Waals surface area contributed by atoms with E-state index in [9.17, 15) is 0 Å². The molecule has 0 radical (unpaired) electrons. The van der Waals surface area contributed by atoms with E-state index in [1.807, 2.05) is 0 Å². The molecule has 0 unspecified atom stereocenters. The highest BCUT2D eigenvalue weighted by molar-refractivity contribution is 5.71. The van der Waals surface area contributed by atoms with Crippen LogP contribution in [0.2, 0.25) is 0 Å². The number of rotatable bonds is 2. The average molecular weight is 202 g/mol. The fraction of sp³-hybridized carbons (Fsp3) is 0.455. The van der Waals surface area contributed by atoms with Crippen molar-refractivity contribution in [3.05, 3.63) is 23.9 Å². The molecule has 0 saturated heterocycles. The summed E-state index contributed by atoms with van der Waals surface area (Å²) in [7, 11) is 0. The average Bonchev–Trinajstić information content (AvgIpc) is 2.27. The molecule has 0 spiro atoms. The summed E-state index contributed by atoms with van der Waals surface area (Å²) in [5.41, 5.74) is 2.51. The van der Waals surface area contributed by atoms with Crippen LogP contribution in [0.15, 0.2) is 12.4 Å². The molecule has 0 aliphatic rings. The molecule has 0 N–H and O–H groups in total. The van der Waals surface area contributed by atoms with E-state index in [2.05, 4.69) is 40.7 Å². The Kier molecular flexibility index (Phi) is 2.58. The third kappa shape index (κ3) is 1.79. The van der Waals surface area contributed by atoms with Crippen LogP contribution in [-0.4, -0.2) is 19.9 Å². The fourth-order valence-electron chi connectivity index (χ4n) is 1.45. The van der Waals surface area contributed by atoms with Gasteiger partial charge in [0.25, 0.3) is 0 Å². The zero-order valence-corrected chi connectivity index (χ0v) is 9.23. The summed E-state index contributed by atoms with van der Waals surface area (Å²) >= 11 is 0. The lowest BCUT2D eigenvalue weighted by atomic mass is 10.2. The molecule has 15 heavy (non-hydrogen) atoms. The van der Waals surface area contributed by atoms with Crippen molar-refractivity contribution < 1.29 is 0 Å².